The minimum absolute atomic E-state index is 0.0545. The van der Waals surface area contributed by atoms with Gasteiger partial charge in [0.2, 0.25) is 0 Å². The zero-order valence-electron chi connectivity index (χ0n) is 18.3. The molecule has 3 aromatic carbocycles. The lowest BCUT2D eigenvalue weighted by Gasteiger charge is -2.22. The number of benzene rings is 3. The fraction of sp³-hybridized carbons (Fsp3) is 0.138. The molecule has 0 saturated heterocycles. The summed E-state index contributed by atoms with van der Waals surface area (Å²) >= 11 is 3.67. The van der Waals surface area contributed by atoms with Gasteiger partial charge in [-0.1, -0.05) is 63.2 Å². The molecule has 6 aromatic rings. The van der Waals surface area contributed by atoms with Crippen LogP contribution in [0.1, 0.15) is 26.3 Å². The van der Waals surface area contributed by atoms with Crippen LogP contribution in [0.5, 0.6) is 0 Å². The number of thiophene rings is 2. The van der Waals surface area contributed by atoms with Crippen molar-refractivity contribution >= 4 is 53.6 Å². The zero-order chi connectivity index (χ0) is 21.9. The molecular weight excluding hydrogens is 426 g/mol. The fourth-order valence-corrected chi connectivity index (χ4v) is 6.75. The van der Waals surface area contributed by atoms with E-state index in [2.05, 4.69) is 98.9 Å². The van der Waals surface area contributed by atoms with E-state index in [0.717, 1.165) is 5.69 Å². The maximum Gasteiger partial charge on any atom is 0.0880 e. The molecule has 3 heteroatoms. The van der Waals surface area contributed by atoms with Crippen LogP contribution in [0.15, 0.2) is 84.4 Å². The molecule has 0 aliphatic carbocycles. The summed E-state index contributed by atoms with van der Waals surface area (Å²) in [5.41, 5.74) is 5.01. The van der Waals surface area contributed by atoms with E-state index < -0.39 is 0 Å². The summed E-state index contributed by atoms with van der Waals surface area (Å²) in [6, 6.07) is 26.6. The highest BCUT2D eigenvalue weighted by atomic mass is 32.1. The Bertz CT molecular complexity index is 1610. The Kier molecular flexibility index (Phi) is 4.46. The monoisotopic (exact) mass is 449 g/mol. The molecule has 3 heterocycles. The standard InChI is InChI=1S/C29H23NS2/c1-29(2,3)24-16-21(15-19-7-4-5-9-22(19)24)26-28-20(11-13-30-26)17-25(32-28)23-10-6-8-18-12-14-31-27(18)23/h4-17H,1-3H3. The quantitative estimate of drug-likeness (QED) is 0.257. The lowest BCUT2D eigenvalue weighted by molar-refractivity contribution is 0.596. The van der Waals surface area contributed by atoms with Gasteiger partial charge in [-0.2, -0.15) is 0 Å². The summed E-state index contributed by atoms with van der Waals surface area (Å²) in [5, 5.41) is 7.35. The second-order valence-electron chi connectivity index (χ2n) is 9.33. The molecule has 0 N–H and O–H groups in total. The normalized spacial score (nSPS) is 12.2. The van der Waals surface area contributed by atoms with Crippen molar-refractivity contribution in [2.75, 3.05) is 0 Å². The maximum atomic E-state index is 4.88. The molecule has 3 aromatic heterocycles. The predicted octanol–water partition coefficient (Wildman–Crippen LogP) is 9.30. The molecule has 156 valence electrons. The van der Waals surface area contributed by atoms with Crippen molar-refractivity contribution in [3.63, 3.8) is 0 Å². The molecule has 0 saturated carbocycles. The van der Waals surface area contributed by atoms with Crippen LogP contribution < -0.4 is 0 Å². The van der Waals surface area contributed by atoms with E-state index in [0.29, 0.717) is 0 Å². The van der Waals surface area contributed by atoms with Gasteiger partial charge in [-0.25, -0.2) is 0 Å². The van der Waals surface area contributed by atoms with Crippen molar-refractivity contribution in [3.8, 4) is 21.7 Å². The van der Waals surface area contributed by atoms with Crippen LogP contribution >= 0.6 is 22.7 Å². The van der Waals surface area contributed by atoms with Crippen LogP contribution in [-0.4, -0.2) is 4.98 Å². The van der Waals surface area contributed by atoms with Crippen LogP contribution in [-0.2, 0) is 5.41 Å². The Balaban J connectivity index is 1.60. The van der Waals surface area contributed by atoms with Gasteiger partial charge in [-0.05, 0) is 68.2 Å². The van der Waals surface area contributed by atoms with Gasteiger partial charge < -0.3 is 0 Å². The molecule has 0 spiro atoms. The summed E-state index contributed by atoms with van der Waals surface area (Å²) in [5.74, 6) is 0. The Labute approximate surface area is 196 Å². The lowest BCUT2D eigenvalue weighted by Crippen LogP contribution is -2.12. The van der Waals surface area contributed by atoms with Crippen molar-refractivity contribution < 1.29 is 0 Å². The highest BCUT2D eigenvalue weighted by Crippen LogP contribution is 2.43. The summed E-state index contributed by atoms with van der Waals surface area (Å²) in [6.07, 6.45) is 1.95. The first-order valence-corrected chi connectivity index (χ1v) is 12.6. The van der Waals surface area contributed by atoms with Crippen molar-refractivity contribution in [1.82, 2.24) is 4.98 Å². The van der Waals surface area contributed by atoms with E-state index >= 15 is 0 Å². The Morgan fingerprint density at radius 3 is 2.47 bits per heavy atom. The summed E-state index contributed by atoms with van der Waals surface area (Å²) < 4.78 is 2.61. The van der Waals surface area contributed by atoms with Gasteiger partial charge >= 0.3 is 0 Å². The predicted molar refractivity (Wildman–Crippen MR) is 142 cm³/mol. The van der Waals surface area contributed by atoms with E-state index in [-0.39, 0.29) is 5.41 Å². The van der Waals surface area contributed by atoms with Gasteiger partial charge in [0, 0.05) is 26.9 Å². The molecule has 1 nitrogen and oxygen atoms in total. The minimum Gasteiger partial charge on any atom is -0.255 e. The summed E-state index contributed by atoms with van der Waals surface area (Å²) in [6.45, 7) is 6.87. The number of fused-ring (bicyclic) bond motifs is 3. The summed E-state index contributed by atoms with van der Waals surface area (Å²) in [4.78, 5) is 6.18. The smallest absolute Gasteiger partial charge is 0.0880 e. The van der Waals surface area contributed by atoms with Crippen LogP contribution in [0, 0.1) is 0 Å². The third-order valence-corrected chi connectivity index (χ3v) is 8.28. The third-order valence-electron chi connectivity index (χ3n) is 6.12. The van der Waals surface area contributed by atoms with E-state index in [1.165, 1.54) is 52.5 Å². The van der Waals surface area contributed by atoms with Crippen LogP contribution in [0.2, 0.25) is 0 Å². The van der Waals surface area contributed by atoms with Crippen LogP contribution in [0.4, 0.5) is 0 Å². The average molecular weight is 450 g/mol. The lowest BCUT2D eigenvalue weighted by atomic mass is 9.82. The Morgan fingerprint density at radius 2 is 1.59 bits per heavy atom. The van der Waals surface area contributed by atoms with Gasteiger partial charge in [0.25, 0.3) is 0 Å². The molecule has 0 amide bonds. The van der Waals surface area contributed by atoms with Crippen molar-refractivity contribution in [3.05, 3.63) is 89.9 Å². The van der Waals surface area contributed by atoms with Gasteiger partial charge in [-0.3, -0.25) is 4.98 Å². The molecular formula is C29H23NS2. The van der Waals surface area contributed by atoms with Gasteiger partial charge in [0.1, 0.15) is 0 Å². The number of nitrogens with zero attached hydrogens (tertiary/aromatic N) is 1. The van der Waals surface area contributed by atoms with Gasteiger partial charge in [0.15, 0.2) is 0 Å². The molecule has 6 rings (SSSR count). The van der Waals surface area contributed by atoms with E-state index in [9.17, 15) is 0 Å². The zero-order valence-corrected chi connectivity index (χ0v) is 20.0. The van der Waals surface area contributed by atoms with Gasteiger partial charge in [0.05, 0.1) is 10.4 Å². The van der Waals surface area contributed by atoms with Crippen molar-refractivity contribution in [2.24, 2.45) is 0 Å². The van der Waals surface area contributed by atoms with Crippen LogP contribution in [0.3, 0.4) is 0 Å². The van der Waals surface area contributed by atoms with Crippen molar-refractivity contribution in [2.45, 2.75) is 26.2 Å². The van der Waals surface area contributed by atoms with Gasteiger partial charge in [-0.15, -0.1) is 22.7 Å². The number of hydrogen-bond donors (Lipinski definition) is 0. The molecule has 0 radical (unpaired) electrons. The first-order chi connectivity index (χ1) is 15.5. The highest BCUT2D eigenvalue weighted by Gasteiger charge is 2.20. The molecule has 0 bridgehead atoms. The van der Waals surface area contributed by atoms with E-state index in [1.807, 2.05) is 28.9 Å². The SMILES string of the molecule is CC(C)(C)c1cc(-c2nccc3cc(-c4cccc5ccsc45)sc23)cc2ccccc12. The minimum atomic E-state index is 0.0545. The Hall–Kier alpha value is -3.01. The molecule has 0 unspecified atom stereocenters. The number of pyridine rings is 1. The average Bonchev–Trinajstić information content (AvgIpc) is 3.44. The molecule has 32 heavy (non-hydrogen) atoms. The highest BCUT2D eigenvalue weighted by molar-refractivity contribution is 7.23. The summed E-state index contributed by atoms with van der Waals surface area (Å²) in [7, 11) is 0. The number of aromatic nitrogens is 1. The third kappa shape index (κ3) is 3.16. The second-order valence-corrected chi connectivity index (χ2v) is 11.3. The topological polar surface area (TPSA) is 12.9 Å². The number of hydrogen-bond acceptors (Lipinski definition) is 3. The first kappa shape index (κ1) is 19.7. The van der Waals surface area contributed by atoms with E-state index in [1.54, 1.807) is 0 Å². The van der Waals surface area contributed by atoms with Crippen LogP contribution in [0.25, 0.3) is 52.6 Å². The van der Waals surface area contributed by atoms with E-state index in [4.69, 9.17) is 4.98 Å². The Morgan fingerprint density at radius 1 is 0.750 bits per heavy atom. The molecule has 0 aliphatic rings. The maximum absolute atomic E-state index is 4.88. The largest absolute Gasteiger partial charge is 0.255 e. The molecule has 0 fully saturated rings. The number of rotatable bonds is 2. The first-order valence-electron chi connectivity index (χ1n) is 10.9. The second kappa shape index (κ2) is 7.26. The molecule has 0 atom stereocenters. The fourth-order valence-electron chi connectivity index (χ4n) is 4.56. The molecule has 0 aliphatic heterocycles. The van der Waals surface area contributed by atoms with Crippen molar-refractivity contribution in [1.29, 1.82) is 0 Å².